The molecule has 3 rings (SSSR count). The molecule has 0 radical (unpaired) electrons. The topological polar surface area (TPSA) is 101 Å². The van der Waals surface area contributed by atoms with Gasteiger partial charge in [-0.15, -0.1) is 0 Å². The molecule has 0 fully saturated rings. The number of hydrogen-bond donors (Lipinski definition) is 4. The summed E-state index contributed by atoms with van der Waals surface area (Å²) in [4.78, 5) is 16.3. The highest BCUT2D eigenvalue weighted by Gasteiger charge is 2.13. The first kappa shape index (κ1) is 20.2. The van der Waals surface area contributed by atoms with Gasteiger partial charge in [0, 0.05) is 37.6 Å². The molecule has 0 atom stereocenters. The van der Waals surface area contributed by atoms with E-state index in [1.807, 2.05) is 48.5 Å². The summed E-state index contributed by atoms with van der Waals surface area (Å²) >= 11 is 0. The molecule has 1 amide bonds. The van der Waals surface area contributed by atoms with Crippen LogP contribution < -0.4 is 26.4 Å². The van der Waals surface area contributed by atoms with E-state index in [0.717, 1.165) is 22.6 Å². The van der Waals surface area contributed by atoms with E-state index in [9.17, 15) is 4.79 Å². The van der Waals surface area contributed by atoms with Gasteiger partial charge in [0.2, 0.25) is 0 Å². The van der Waals surface area contributed by atoms with Gasteiger partial charge in [-0.3, -0.25) is 4.79 Å². The quantitative estimate of drug-likeness (QED) is 0.471. The van der Waals surface area contributed by atoms with Crippen molar-refractivity contribution in [2.75, 3.05) is 25.2 Å². The normalized spacial score (nSPS) is 10.4. The molecule has 5 N–H and O–H groups in total. The Kier molecular flexibility index (Phi) is 6.65. The van der Waals surface area contributed by atoms with E-state index in [1.165, 1.54) is 0 Å². The summed E-state index contributed by atoms with van der Waals surface area (Å²) in [5.41, 5.74) is 10.2. The fraction of sp³-hybridized carbons (Fsp3) is 0.182. The van der Waals surface area contributed by atoms with Crippen LogP contribution in [0.2, 0.25) is 0 Å². The number of ether oxygens (including phenoxy) is 1. The van der Waals surface area contributed by atoms with E-state index in [-0.39, 0.29) is 5.91 Å². The number of hydrogen-bond acceptors (Lipinski definition) is 6. The van der Waals surface area contributed by atoms with Crippen molar-refractivity contribution >= 4 is 23.1 Å². The lowest BCUT2D eigenvalue weighted by molar-refractivity contribution is 0.0964. The molecule has 1 heterocycles. The van der Waals surface area contributed by atoms with Crippen molar-refractivity contribution in [1.29, 1.82) is 0 Å². The third-order valence-electron chi connectivity index (χ3n) is 4.55. The van der Waals surface area contributed by atoms with E-state index in [1.54, 1.807) is 26.4 Å². The van der Waals surface area contributed by atoms with Crippen LogP contribution in [0, 0.1) is 0 Å². The first-order chi connectivity index (χ1) is 14.1. The number of nitrogens with one attached hydrogen (secondary N) is 3. The molecule has 0 aliphatic carbocycles. The van der Waals surface area contributed by atoms with E-state index >= 15 is 0 Å². The molecular weight excluding hydrogens is 366 g/mol. The van der Waals surface area contributed by atoms with Crippen molar-refractivity contribution in [3.8, 4) is 5.75 Å². The van der Waals surface area contributed by atoms with Gasteiger partial charge >= 0.3 is 0 Å². The third kappa shape index (κ3) is 5.03. The van der Waals surface area contributed by atoms with E-state index in [4.69, 9.17) is 10.5 Å². The lowest BCUT2D eigenvalue weighted by Crippen LogP contribution is -2.19. The minimum Gasteiger partial charge on any atom is -0.497 e. The number of para-hydroxylation sites is 1. The number of nitrogens with two attached hydrogens (primary N) is 1. The standard InChI is InChI=1S/C22H25N5O2/c1-24-22(28)17-5-3-4-6-19(17)27-20-11-12-26-21(23)18(20)14-25-13-15-7-9-16(29-2)10-8-15/h3-12,25H,13-14H2,1-2H3,(H,24,28)(H3,23,26,27). The number of aromatic nitrogens is 1. The SMILES string of the molecule is CNC(=O)c1ccccc1Nc1ccnc(N)c1CNCc1ccc(OC)cc1. The van der Waals surface area contributed by atoms with Gasteiger partial charge in [-0.25, -0.2) is 4.98 Å². The van der Waals surface area contributed by atoms with Gasteiger partial charge in [0.05, 0.1) is 18.4 Å². The van der Waals surface area contributed by atoms with Crippen molar-refractivity contribution in [3.05, 3.63) is 77.5 Å². The van der Waals surface area contributed by atoms with Crippen molar-refractivity contribution in [2.24, 2.45) is 0 Å². The second-order valence-corrected chi connectivity index (χ2v) is 6.42. The largest absolute Gasteiger partial charge is 0.497 e. The van der Waals surface area contributed by atoms with Crippen LogP contribution in [-0.4, -0.2) is 25.0 Å². The minimum absolute atomic E-state index is 0.158. The Morgan fingerprint density at radius 1 is 1.03 bits per heavy atom. The summed E-state index contributed by atoms with van der Waals surface area (Å²) in [7, 11) is 3.26. The predicted octanol–water partition coefficient (Wildman–Crippen LogP) is 3.07. The van der Waals surface area contributed by atoms with Gasteiger partial charge in [-0.05, 0) is 35.9 Å². The fourth-order valence-electron chi connectivity index (χ4n) is 2.96. The number of benzene rings is 2. The predicted molar refractivity (Wildman–Crippen MR) is 115 cm³/mol. The highest BCUT2D eigenvalue weighted by Crippen LogP contribution is 2.26. The maximum atomic E-state index is 12.1. The van der Waals surface area contributed by atoms with E-state index in [0.29, 0.717) is 30.2 Å². The summed E-state index contributed by atoms with van der Waals surface area (Å²) in [6.45, 7) is 1.20. The Morgan fingerprint density at radius 2 is 1.79 bits per heavy atom. The van der Waals surface area contributed by atoms with Gasteiger partial charge < -0.3 is 26.4 Å². The second kappa shape index (κ2) is 9.57. The molecule has 0 aliphatic heterocycles. The van der Waals surface area contributed by atoms with Crippen LogP contribution in [0.5, 0.6) is 5.75 Å². The molecular formula is C22H25N5O2. The highest BCUT2D eigenvalue weighted by atomic mass is 16.5. The molecule has 0 bridgehead atoms. The van der Waals surface area contributed by atoms with Crippen molar-refractivity contribution < 1.29 is 9.53 Å². The number of anilines is 3. The van der Waals surface area contributed by atoms with Gasteiger partial charge in [0.25, 0.3) is 5.91 Å². The smallest absolute Gasteiger partial charge is 0.253 e. The number of carbonyl (C=O) groups is 1. The van der Waals surface area contributed by atoms with Crippen LogP contribution in [0.1, 0.15) is 21.5 Å². The molecule has 0 unspecified atom stereocenters. The Balaban J connectivity index is 1.75. The van der Waals surface area contributed by atoms with Crippen molar-refractivity contribution in [2.45, 2.75) is 13.1 Å². The number of nitrogen functional groups attached to an aromatic ring is 1. The van der Waals surface area contributed by atoms with Crippen molar-refractivity contribution in [1.82, 2.24) is 15.6 Å². The van der Waals surface area contributed by atoms with Crippen LogP contribution in [-0.2, 0) is 13.1 Å². The van der Waals surface area contributed by atoms with Gasteiger partial charge in [0.1, 0.15) is 11.6 Å². The van der Waals surface area contributed by atoms with Crippen LogP contribution >= 0.6 is 0 Å². The second-order valence-electron chi connectivity index (χ2n) is 6.42. The average Bonchev–Trinajstić information content (AvgIpc) is 2.76. The van der Waals surface area contributed by atoms with Crippen LogP contribution in [0.3, 0.4) is 0 Å². The number of amides is 1. The average molecular weight is 391 g/mol. The molecule has 0 saturated carbocycles. The monoisotopic (exact) mass is 391 g/mol. The first-order valence-electron chi connectivity index (χ1n) is 9.27. The number of pyridine rings is 1. The molecule has 0 saturated heterocycles. The zero-order chi connectivity index (χ0) is 20.6. The number of rotatable bonds is 8. The third-order valence-corrected chi connectivity index (χ3v) is 4.55. The van der Waals surface area contributed by atoms with Crippen LogP contribution in [0.4, 0.5) is 17.2 Å². The summed E-state index contributed by atoms with van der Waals surface area (Å²) in [5, 5.41) is 9.37. The molecule has 3 aromatic rings. The molecule has 0 aliphatic rings. The molecule has 7 nitrogen and oxygen atoms in total. The van der Waals surface area contributed by atoms with Crippen molar-refractivity contribution in [3.63, 3.8) is 0 Å². The molecule has 0 spiro atoms. The van der Waals surface area contributed by atoms with E-state index < -0.39 is 0 Å². The number of nitrogens with zero attached hydrogens (tertiary/aromatic N) is 1. The zero-order valence-corrected chi connectivity index (χ0v) is 16.5. The summed E-state index contributed by atoms with van der Waals surface area (Å²) in [5.74, 6) is 1.11. The molecule has 7 heteroatoms. The minimum atomic E-state index is -0.158. The molecule has 2 aromatic carbocycles. The lowest BCUT2D eigenvalue weighted by Gasteiger charge is -2.16. The Hall–Kier alpha value is -3.58. The number of methoxy groups -OCH3 is 1. The highest BCUT2D eigenvalue weighted by molar-refractivity contribution is 6.00. The molecule has 29 heavy (non-hydrogen) atoms. The maximum absolute atomic E-state index is 12.1. The molecule has 1 aromatic heterocycles. The lowest BCUT2D eigenvalue weighted by atomic mass is 10.1. The first-order valence-corrected chi connectivity index (χ1v) is 9.27. The maximum Gasteiger partial charge on any atom is 0.253 e. The summed E-state index contributed by atoms with van der Waals surface area (Å²) < 4.78 is 5.18. The van der Waals surface area contributed by atoms with Gasteiger partial charge in [-0.2, -0.15) is 0 Å². The van der Waals surface area contributed by atoms with E-state index in [2.05, 4.69) is 20.9 Å². The van der Waals surface area contributed by atoms with Crippen LogP contribution in [0.25, 0.3) is 0 Å². The molecule has 150 valence electrons. The zero-order valence-electron chi connectivity index (χ0n) is 16.5. The summed E-state index contributed by atoms with van der Waals surface area (Å²) in [6, 6.07) is 17.1. The summed E-state index contributed by atoms with van der Waals surface area (Å²) in [6.07, 6.45) is 1.65. The fourth-order valence-corrected chi connectivity index (χ4v) is 2.96. The Labute approximate surface area is 170 Å². The van der Waals surface area contributed by atoms with Crippen LogP contribution in [0.15, 0.2) is 60.8 Å². The number of carbonyl (C=O) groups excluding carboxylic acids is 1. The van der Waals surface area contributed by atoms with Gasteiger partial charge in [-0.1, -0.05) is 24.3 Å². The Morgan fingerprint density at radius 3 is 2.52 bits per heavy atom. The van der Waals surface area contributed by atoms with Gasteiger partial charge in [0.15, 0.2) is 0 Å². The Bertz CT molecular complexity index is 973.